The first-order chi connectivity index (χ1) is 8.99. The highest BCUT2D eigenvalue weighted by Gasteiger charge is 2.47. The van der Waals surface area contributed by atoms with Gasteiger partial charge >= 0.3 is 0 Å². The van der Waals surface area contributed by atoms with Crippen LogP contribution < -0.4 is 5.73 Å². The zero-order valence-electron chi connectivity index (χ0n) is 11.0. The van der Waals surface area contributed by atoms with Gasteiger partial charge in [-0.2, -0.15) is 0 Å². The molecule has 0 radical (unpaired) electrons. The number of hydrogen-bond acceptors (Lipinski definition) is 3. The van der Waals surface area contributed by atoms with Gasteiger partial charge in [0.25, 0.3) is 11.8 Å². The molecule has 2 amide bonds. The molecule has 0 saturated carbocycles. The van der Waals surface area contributed by atoms with Gasteiger partial charge in [0.15, 0.2) is 0 Å². The summed E-state index contributed by atoms with van der Waals surface area (Å²) >= 11 is 0. The molecular formula is C13H18N4O2. The van der Waals surface area contributed by atoms with Crippen molar-refractivity contribution in [3.05, 3.63) is 23.5 Å². The fraction of sp³-hybridized carbons (Fsp3) is 0.538. The summed E-state index contributed by atoms with van der Waals surface area (Å²) in [7, 11) is 2.10. The Hall–Kier alpha value is -1.82. The van der Waals surface area contributed by atoms with Crippen LogP contribution in [0, 0.1) is 5.41 Å². The minimum Gasteiger partial charge on any atom is -0.364 e. The van der Waals surface area contributed by atoms with Crippen LogP contribution in [0.25, 0.3) is 0 Å². The van der Waals surface area contributed by atoms with E-state index < -0.39 is 5.91 Å². The molecule has 102 valence electrons. The first kappa shape index (κ1) is 12.2. The van der Waals surface area contributed by atoms with Crippen molar-refractivity contribution in [3.8, 4) is 0 Å². The fourth-order valence-corrected chi connectivity index (χ4v) is 3.31. The lowest BCUT2D eigenvalue weighted by molar-refractivity contribution is 0.0294. The molecule has 2 aliphatic heterocycles. The normalized spacial score (nSPS) is 21.6. The molecule has 2 saturated heterocycles. The molecule has 19 heavy (non-hydrogen) atoms. The summed E-state index contributed by atoms with van der Waals surface area (Å²) in [4.78, 5) is 30.2. The van der Waals surface area contributed by atoms with Gasteiger partial charge in [-0.3, -0.25) is 9.59 Å². The molecule has 6 heteroatoms. The highest BCUT2D eigenvalue weighted by molar-refractivity contribution is 5.98. The number of aromatic amines is 1. The number of amides is 2. The Morgan fingerprint density at radius 2 is 2.11 bits per heavy atom. The first-order valence-corrected chi connectivity index (χ1v) is 6.45. The standard InChI is InChI=1S/C13H18N4O2/c1-16-6-13(7-16)2-3-17(8-13)12(19)9-4-10(11(14)18)15-5-9/h4-5,15H,2-3,6-8H2,1H3,(H2,14,18). The Labute approximate surface area is 111 Å². The molecule has 1 aromatic heterocycles. The zero-order chi connectivity index (χ0) is 13.6. The van der Waals surface area contributed by atoms with Crippen LogP contribution in [0.3, 0.4) is 0 Å². The first-order valence-electron chi connectivity index (χ1n) is 6.45. The molecule has 2 aliphatic rings. The Morgan fingerprint density at radius 1 is 1.37 bits per heavy atom. The minimum atomic E-state index is -0.544. The predicted octanol–water partition coefficient (Wildman–Crippen LogP) is -0.109. The van der Waals surface area contributed by atoms with E-state index in [1.807, 2.05) is 4.90 Å². The van der Waals surface area contributed by atoms with Gasteiger partial charge in [-0.05, 0) is 19.5 Å². The topological polar surface area (TPSA) is 82.4 Å². The number of hydrogen-bond donors (Lipinski definition) is 2. The third-order valence-corrected chi connectivity index (χ3v) is 4.13. The number of primary amides is 1. The third-order valence-electron chi connectivity index (χ3n) is 4.13. The molecule has 0 aromatic carbocycles. The summed E-state index contributed by atoms with van der Waals surface area (Å²) in [5.41, 5.74) is 6.26. The van der Waals surface area contributed by atoms with Crippen LogP contribution in [0.2, 0.25) is 0 Å². The Balaban J connectivity index is 1.69. The fourth-order valence-electron chi connectivity index (χ4n) is 3.31. The van der Waals surface area contributed by atoms with Crippen molar-refractivity contribution in [1.82, 2.24) is 14.8 Å². The van der Waals surface area contributed by atoms with Crippen molar-refractivity contribution >= 4 is 11.8 Å². The molecule has 3 heterocycles. The van der Waals surface area contributed by atoms with E-state index in [1.165, 1.54) is 6.07 Å². The molecule has 3 N–H and O–H groups in total. The number of carbonyl (C=O) groups excluding carboxylic acids is 2. The average Bonchev–Trinajstić information content (AvgIpc) is 2.93. The van der Waals surface area contributed by atoms with Gasteiger partial charge in [0, 0.05) is 37.8 Å². The van der Waals surface area contributed by atoms with Gasteiger partial charge in [0.1, 0.15) is 5.69 Å². The molecule has 0 bridgehead atoms. The summed E-state index contributed by atoms with van der Waals surface area (Å²) in [5, 5.41) is 0. The lowest BCUT2D eigenvalue weighted by Gasteiger charge is -2.46. The molecule has 0 aliphatic carbocycles. The largest absolute Gasteiger partial charge is 0.364 e. The summed E-state index contributed by atoms with van der Waals surface area (Å²) in [5.74, 6) is -0.562. The molecule has 2 fully saturated rings. The summed E-state index contributed by atoms with van der Waals surface area (Å²) in [6.45, 7) is 3.74. The van der Waals surface area contributed by atoms with Crippen molar-refractivity contribution in [2.45, 2.75) is 6.42 Å². The van der Waals surface area contributed by atoms with E-state index >= 15 is 0 Å². The Morgan fingerprint density at radius 3 is 2.68 bits per heavy atom. The van der Waals surface area contributed by atoms with Crippen LogP contribution in [0.5, 0.6) is 0 Å². The van der Waals surface area contributed by atoms with Crippen LogP contribution in [-0.4, -0.2) is 59.8 Å². The number of likely N-dealkylation sites (tertiary alicyclic amines) is 2. The van der Waals surface area contributed by atoms with Crippen molar-refractivity contribution in [2.75, 3.05) is 33.2 Å². The number of nitrogens with one attached hydrogen (secondary N) is 1. The molecule has 0 atom stereocenters. The second-order valence-electron chi connectivity index (χ2n) is 5.82. The van der Waals surface area contributed by atoms with E-state index in [9.17, 15) is 9.59 Å². The van der Waals surface area contributed by atoms with E-state index in [1.54, 1.807) is 6.20 Å². The quantitative estimate of drug-likeness (QED) is 0.780. The van der Waals surface area contributed by atoms with Crippen LogP contribution >= 0.6 is 0 Å². The van der Waals surface area contributed by atoms with Crippen LogP contribution in [0.4, 0.5) is 0 Å². The number of nitrogens with two attached hydrogens (primary N) is 1. The third kappa shape index (κ3) is 2.02. The lowest BCUT2D eigenvalue weighted by Crippen LogP contribution is -2.55. The highest BCUT2D eigenvalue weighted by Crippen LogP contribution is 2.38. The van der Waals surface area contributed by atoms with Crippen molar-refractivity contribution in [2.24, 2.45) is 11.1 Å². The Kier molecular flexibility index (Phi) is 2.63. The van der Waals surface area contributed by atoms with E-state index in [0.29, 0.717) is 11.0 Å². The van der Waals surface area contributed by atoms with Gasteiger partial charge in [0.05, 0.1) is 5.56 Å². The SMILES string of the molecule is CN1CC2(CCN(C(=O)c3c[nH]c(C(N)=O)c3)C2)C1. The van der Waals surface area contributed by atoms with Crippen molar-refractivity contribution < 1.29 is 9.59 Å². The zero-order valence-corrected chi connectivity index (χ0v) is 11.0. The second-order valence-corrected chi connectivity index (χ2v) is 5.82. The van der Waals surface area contributed by atoms with Gasteiger partial charge < -0.3 is 20.5 Å². The van der Waals surface area contributed by atoms with E-state index in [2.05, 4.69) is 16.9 Å². The maximum Gasteiger partial charge on any atom is 0.265 e. The van der Waals surface area contributed by atoms with Crippen LogP contribution in [0.1, 0.15) is 27.3 Å². The summed E-state index contributed by atoms with van der Waals surface area (Å²) < 4.78 is 0. The van der Waals surface area contributed by atoms with Crippen LogP contribution in [-0.2, 0) is 0 Å². The molecule has 1 spiro atoms. The number of rotatable bonds is 2. The molecule has 6 nitrogen and oxygen atoms in total. The van der Waals surface area contributed by atoms with Gasteiger partial charge in [-0.1, -0.05) is 0 Å². The number of nitrogens with zero attached hydrogens (tertiary/aromatic N) is 2. The summed E-state index contributed by atoms with van der Waals surface area (Å²) in [6, 6.07) is 1.53. The minimum absolute atomic E-state index is 0.0184. The smallest absolute Gasteiger partial charge is 0.265 e. The monoisotopic (exact) mass is 262 g/mol. The Bertz CT molecular complexity index is 531. The average molecular weight is 262 g/mol. The summed E-state index contributed by atoms with van der Waals surface area (Å²) in [6.07, 6.45) is 2.62. The maximum atomic E-state index is 12.3. The second kappa shape index (κ2) is 4.09. The van der Waals surface area contributed by atoms with E-state index in [4.69, 9.17) is 5.73 Å². The molecule has 3 rings (SSSR count). The maximum absolute atomic E-state index is 12.3. The van der Waals surface area contributed by atoms with Gasteiger partial charge in [-0.15, -0.1) is 0 Å². The van der Waals surface area contributed by atoms with Gasteiger partial charge in [0.2, 0.25) is 0 Å². The predicted molar refractivity (Wildman–Crippen MR) is 69.8 cm³/mol. The molecule has 0 unspecified atom stereocenters. The van der Waals surface area contributed by atoms with Gasteiger partial charge in [-0.25, -0.2) is 0 Å². The van der Waals surface area contributed by atoms with E-state index in [0.717, 1.165) is 32.6 Å². The van der Waals surface area contributed by atoms with Crippen LogP contribution in [0.15, 0.2) is 12.3 Å². The number of aromatic nitrogens is 1. The highest BCUT2D eigenvalue weighted by atomic mass is 16.2. The molecular weight excluding hydrogens is 244 g/mol. The van der Waals surface area contributed by atoms with Crippen molar-refractivity contribution in [1.29, 1.82) is 0 Å². The number of carbonyl (C=O) groups is 2. The lowest BCUT2D eigenvalue weighted by atomic mass is 9.79. The van der Waals surface area contributed by atoms with E-state index in [-0.39, 0.29) is 11.6 Å². The molecule has 1 aromatic rings. The number of H-pyrrole nitrogens is 1. The van der Waals surface area contributed by atoms with Crippen molar-refractivity contribution in [3.63, 3.8) is 0 Å².